The third kappa shape index (κ3) is 17.0. The lowest BCUT2D eigenvalue weighted by Crippen LogP contribution is -2.42. The number of carbonyl (C=O) groups excluding carboxylic acids is 2. The molecule has 9 heteroatoms. The van der Waals surface area contributed by atoms with E-state index in [9.17, 15) is 9.59 Å². The first-order valence-electron chi connectivity index (χ1n) is 11.7. The van der Waals surface area contributed by atoms with Gasteiger partial charge in [-0.15, -0.1) is 0 Å². The van der Waals surface area contributed by atoms with Gasteiger partial charge in [-0.05, 0) is 19.6 Å². The second-order valence-corrected chi connectivity index (χ2v) is 7.46. The second-order valence-electron chi connectivity index (χ2n) is 7.46. The Balaban J connectivity index is -0.00000450. The summed E-state index contributed by atoms with van der Waals surface area (Å²) in [6.07, 6.45) is 0.835. The van der Waals surface area contributed by atoms with Crippen molar-refractivity contribution in [2.75, 3.05) is 99.3 Å². The highest BCUT2D eigenvalue weighted by molar-refractivity contribution is 5.69. The molecule has 0 aliphatic rings. The molecule has 0 radical (unpaired) electrons. The minimum Gasteiger partial charge on any atom is -0.469 e. The van der Waals surface area contributed by atoms with Gasteiger partial charge in [0.05, 0.1) is 27.1 Å². The van der Waals surface area contributed by atoms with E-state index in [1.165, 1.54) is 14.2 Å². The molecule has 0 aromatic heterocycles. The third-order valence-corrected chi connectivity index (χ3v) is 5.48. The molecule has 0 aromatic carbocycles. The largest absolute Gasteiger partial charge is 0.469 e. The van der Waals surface area contributed by atoms with Crippen LogP contribution < -0.4 is 10.6 Å². The molecule has 0 fully saturated rings. The van der Waals surface area contributed by atoms with E-state index in [4.69, 9.17) is 0 Å². The lowest BCUT2D eigenvalue weighted by Gasteiger charge is -2.28. The van der Waals surface area contributed by atoms with Crippen molar-refractivity contribution in [2.24, 2.45) is 0 Å². The van der Waals surface area contributed by atoms with E-state index in [1.54, 1.807) is 0 Å². The van der Waals surface area contributed by atoms with E-state index in [-0.39, 0.29) is 14.8 Å². The van der Waals surface area contributed by atoms with Crippen molar-refractivity contribution < 1.29 is 21.9 Å². The van der Waals surface area contributed by atoms with Gasteiger partial charge in [0, 0.05) is 68.3 Å². The maximum Gasteiger partial charge on any atom is 0.306 e. The summed E-state index contributed by atoms with van der Waals surface area (Å²) in [5.74, 6) is -0.340. The number of hydrogen-bond acceptors (Lipinski definition) is 9. The molecule has 2 N–H and O–H groups in total. The fourth-order valence-electron chi connectivity index (χ4n) is 3.16. The predicted octanol–water partition coefficient (Wildman–Crippen LogP) is 0.750. The highest BCUT2D eigenvalue weighted by Gasteiger charge is 2.09. The Morgan fingerprint density at radius 2 is 0.935 bits per heavy atom. The third-order valence-electron chi connectivity index (χ3n) is 5.48. The van der Waals surface area contributed by atoms with Gasteiger partial charge in [0.25, 0.3) is 0 Å². The molecule has 0 heterocycles. The first-order valence-corrected chi connectivity index (χ1v) is 11.7. The molecule has 188 valence electrons. The summed E-state index contributed by atoms with van der Waals surface area (Å²) in [6.45, 7) is 18.9. The van der Waals surface area contributed by atoms with Crippen LogP contribution in [0.15, 0.2) is 0 Å². The van der Waals surface area contributed by atoms with E-state index in [2.05, 4.69) is 55.6 Å². The van der Waals surface area contributed by atoms with Crippen LogP contribution in [0, 0.1) is 0 Å². The van der Waals surface area contributed by atoms with Crippen LogP contribution in [0.5, 0.6) is 0 Å². The SMILES string of the molecule is CCN(CCNCCC(=O)OC)CCN(CC)CCN(CC)CCNCCC(=O)OC.[HH].[HH]. The fourth-order valence-corrected chi connectivity index (χ4v) is 3.16. The van der Waals surface area contributed by atoms with Crippen LogP contribution in [-0.2, 0) is 19.1 Å². The number of esters is 2. The van der Waals surface area contributed by atoms with Crippen molar-refractivity contribution >= 4 is 11.9 Å². The zero-order valence-electron chi connectivity index (χ0n) is 20.6. The predicted molar refractivity (Wildman–Crippen MR) is 130 cm³/mol. The van der Waals surface area contributed by atoms with Gasteiger partial charge in [0.1, 0.15) is 0 Å². The van der Waals surface area contributed by atoms with Crippen molar-refractivity contribution in [2.45, 2.75) is 33.6 Å². The molecule has 31 heavy (non-hydrogen) atoms. The van der Waals surface area contributed by atoms with E-state index in [0.717, 1.165) is 72.0 Å². The van der Waals surface area contributed by atoms with Gasteiger partial charge in [-0.1, -0.05) is 20.8 Å². The smallest absolute Gasteiger partial charge is 0.306 e. The normalized spacial score (nSPS) is 11.5. The van der Waals surface area contributed by atoms with Gasteiger partial charge in [-0.25, -0.2) is 0 Å². The van der Waals surface area contributed by atoms with E-state index < -0.39 is 0 Å². The first-order chi connectivity index (χ1) is 15.0. The first kappa shape index (κ1) is 29.7. The van der Waals surface area contributed by atoms with E-state index >= 15 is 0 Å². The van der Waals surface area contributed by atoms with E-state index in [1.807, 2.05) is 0 Å². The summed E-state index contributed by atoms with van der Waals surface area (Å²) in [5, 5.41) is 6.62. The minimum atomic E-state index is -0.170. The lowest BCUT2D eigenvalue weighted by atomic mass is 10.3. The topological polar surface area (TPSA) is 86.4 Å². The zero-order chi connectivity index (χ0) is 23.3. The molecule has 0 spiro atoms. The molecule has 0 bridgehead atoms. The van der Waals surface area contributed by atoms with Crippen LogP contribution >= 0.6 is 0 Å². The molecule has 0 unspecified atom stereocenters. The molecule has 0 rings (SSSR count). The van der Waals surface area contributed by atoms with Crippen LogP contribution in [0.3, 0.4) is 0 Å². The average molecular weight is 450 g/mol. The van der Waals surface area contributed by atoms with E-state index in [0.29, 0.717) is 25.9 Å². The Bertz CT molecular complexity index is 427. The molecular formula is C22H51N5O4. The zero-order valence-corrected chi connectivity index (χ0v) is 20.6. The molecule has 0 amide bonds. The molecule has 0 aliphatic carbocycles. The van der Waals surface area contributed by atoms with Crippen molar-refractivity contribution in [3.8, 4) is 0 Å². The quantitative estimate of drug-likeness (QED) is 0.195. The number of nitrogens with zero attached hydrogens (tertiary/aromatic N) is 3. The van der Waals surface area contributed by atoms with Gasteiger partial charge < -0.3 is 34.8 Å². The molecule has 0 aromatic rings. The van der Waals surface area contributed by atoms with Crippen molar-refractivity contribution in [1.82, 2.24) is 25.3 Å². The molecule has 0 saturated carbocycles. The number of likely N-dealkylation sites (N-methyl/N-ethyl adjacent to an activating group) is 3. The molecular weight excluding hydrogens is 398 g/mol. The number of rotatable bonds is 21. The number of methoxy groups -OCH3 is 2. The summed E-state index contributed by atoms with van der Waals surface area (Å²) in [6, 6.07) is 0. The number of ether oxygens (including phenoxy) is 2. The van der Waals surface area contributed by atoms with Gasteiger partial charge >= 0.3 is 11.9 Å². The van der Waals surface area contributed by atoms with Crippen LogP contribution in [0.2, 0.25) is 0 Å². The summed E-state index contributed by atoms with van der Waals surface area (Å²) in [5.41, 5.74) is 0. The van der Waals surface area contributed by atoms with Crippen molar-refractivity contribution in [1.29, 1.82) is 0 Å². The Kier molecular flexibility index (Phi) is 19.8. The van der Waals surface area contributed by atoms with Gasteiger partial charge in [-0.2, -0.15) is 0 Å². The maximum atomic E-state index is 11.1. The summed E-state index contributed by atoms with van der Waals surface area (Å²) in [4.78, 5) is 29.6. The number of hydrogen-bond donors (Lipinski definition) is 2. The fraction of sp³-hybridized carbons (Fsp3) is 0.909. The maximum absolute atomic E-state index is 11.1. The molecule has 0 aliphatic heterocycles. The Hall–Kier alpha value is -1.26. The summed E-state index contributed by atoms with van der Waals surface area (Å²) >= 11 is 0. The lowest BCUT2D eigenvalue weighted by molar-refractivity contribution is -0.141. The van der Waals surface area contributed by atoms with Crippen LogP contribution in [0.4, 0.5) is 0 Å². The highest BCUT2D eigenvalue weighted by Crippen LogP contribution is 1.95. The Morgan fingerprint density at radius 1 is 0.613 bits per heavy atom. The number of carbonyl (C=O) groups is 2. The highest BCUT2D eigenvalue weighted by atomic mass is 16.5. The second kappa shape index (κ2) is 20.6. The van der Waals surface area contributed by atoms with Gasteiger partial charge in [-0.3, -0.25) is 9.59 Å². The standard InChI is InChI=1S/C22H47N5O4.2H2/c1-6-25(15-13-23-11-9-21(28)30-4)17-19-27(8-3)20-18-26(7-2)16-14-24-12-10-22(29)31-5;;/h23-24H,6-20H2,1-5H3;2*1H. The average Bonchev–Trinajstić information content (AvgIpc) is 2.80. The van der Waals surface area contributed by atoms with Crippen molar-refractivity contribution in [3.63, 3.8) is 0 Å². The summed E-state index contributed by atoms with van der Waals surface area (Å²) in [7, 11) is 2.84. The van der Waals surface area contributed by atoms with Crippen LogP contribution in [0.1, 0.15) is 36.5 Å². The summed E-state index contributed by atoms with van der Waals surface area (Å²) < 4.78 is 9.30. The molecule has 0 atom stereocenters. The van der Waals surface area contributed by atoms with Gasteiger partial charge in [0.15, 0.2) is 0 Å². The Morgan fingerprint density at radius 3 is 1.23 bits per heavy atom. The van der Waals surface area contributed by atoms with Crippen molar-refractivity contribution in [3.05, 3.63) is 0 Å². The molecule has 0 saturated heterocycles. The van der Waals surface area contributed by atoms with Crippen LogP contribution in [-0.4, -0.2) is 126 Å². The number of nitrogens with one attached hydrogen (secondary N) is 2. The monoisotopic (exact) mass is 449 g/mol. The minimum absolute atomic E-state index is 0. The van der Waals surface area contributed by atoms with Gasteiger partial charge in [0.2, 0.25) is 0 Å². The Labute approximate surface area is 192 Å². The molecule has 9 nitrogen and oxygen atoms in total. The van der Waals surface area contributed by atoms with Crippen LogP contribution in [0.25, 0.3) is 0 Å².